The van der Waals surface area contributed by atoms with Crippen molar-refractivity contribution in [1.29, 1.82) is 0 Å². The topological polar surface area (TPSA) is 57.6 Å². The lowest BCUT2D eigenvalue weighted by Gasteiger charge is -2.21. The molecule has 2 aliphatic rings. The molecule has 5 rings (SSSR count). The second kappa shape index (κ2) is 5.88. The van der Waals surface area contributed by atoms with Crippen molar-refractivity contribution in [2.45, 2.75) is 18.4 Å². The van der Waals surface area contributed by atoms with E-state index in [-0.39, 0.29) is 12.2 Å². The standard InChI is InChI=1S/C24H19NO3/c1-25-21-9-5-4-8-20(21)24(28,23(25)27)14-22(26)16-10-11-19-17(13-16)12-15-6-2-3-7-18(15)19/h2-11,13,28H,12,14H2,1H3. The maximum atomic E-state index is 13.0. The van der Waals surface area contributed by atoms with E-state index < -0.39 is 11.5 Å². The van der Waals surface area contributed by atoms with Crippen molar-refractivity contribution in [3.05, 3.63) is 89.0 Å². The van der Waals surface area contributed by atoms with E-state index in [2.05, 4.69) is 12.1 Å². The Balaban J connectivity index is 1.47. The SMILES string of the molecule is CN1C(=O)C(O)(CC(=O)c2ccc3c(c2)Cc2ccccc2-3)c2ccccc21. The van der Waals surface area contributed by atoms with Crippen molar-refractivity contribution in [2.24, 2.45) is 0 Å². The Morgan fingerprint density at radius 1 is 1.00 bits per heavy atom. The van der Waals surface area contributed by atoms with E-state index in [4.69, 9.17) is 0 Å². The number of carbonyl (C=O) groups is 2. The third kappa shape index (κ3) is 2.28. The van der Waals surface area contributed by atoms with Crippen LogP contribution in [0.4, 0.5) is 5.69 Å². The van der Waals surface area contributed by atoms with Gasteiger partial charge in [-0.05, 0) is 40.8 Å². The number of hydrogen-bond donors (Lipinski definition) is 1. The predicted molar refractivity (Wildman–Crippen MR) is 107 cm³/mol. The summed E-state index contributed by atoms with van der Waals surface area (Å²) in [6.07, 6.45) is 0.528. The fourth-order valence-electron chi connectivity index (χ4n) is 4.44. The summed E-state index contributed by atoms with van der Waals surface area (Å²) in [6, 6.07) is 21.0. The zero-order chi connectivity index (χ0) is 19.5. The Hall–Kier alpha value is -3.24. The molecule has 0 bridgehead atoms. The van der Waals surface area contributed by atoms with Crippen LogP contribution in [0.25, 0.3) is 11.1 Å². The number of amides is 1. The molecule has 3 aromatic carbocycles. The summed E-state index contributed by atoms with van der Waals surface area (Å²) in [5, 5.41) is 11.1. The number of aliphatic hydroxyl groups is 1. The van der Waals surface area contributed by atoms with Gasteiger partial charge in [-0.2, -0.15) is 0 Å². The largest absolute Gasteiger partial charge is 0.375 e. The van der Waals surface area contributed by atoms with Gasteiger partial charge >= 0.3 is 0 Å². The van der Waals surface area contributed by atoms with E-state index in [1.807, 2.05) is 30.3 Å². The van der Waals surface area contributed by atoms with Crippen LogP contribution in [0.3, 0.4) is 0 Å². The molecule has 1 atom stereocenters. The molecular weight excluding hydrogens is 350 g/mol. The smallest absolute Gasteiger partial charge is 0.263 e. The van der Waals surface area contributed by atoms with E-state index in [1.165, 1.54) is 16.0 Å². The fourth-order valence-corrected chi connectivity index (χ4v) is 4.44. The lowest BCUT2D eigenvalue weighted by molar-refractivity contribution is -0.135. The Morgan fingerprint density at radius 3 is 2.57 bits per heavy atom. The van der Waals surface area contributed by atoms with Crippen molar-refractivity contribution in [3.8, 4) is 11.1 Å². The highest BCUT2D eigenvalue weighted by atomic mass is 16.3. The van der Waals surface area contributed by atoms with Crippen LogP contribution >= 0.6 is 0 Å². The molecule has 1 aliphatic carbocycles. The molecule has 1 unspecified atom stereocenters. The van der Waals surface area contributed by atoms with Crippen molar-refractivity contribution < 1.29 is 14.7 Å². The van der Waals surface area contributed by atoms with Crippen molar-refractivity contribution in [3.63, 3.8) is 0 Å². The number of hydrogen-bond acceptors (Lipinski definition) is 3. The van der Waals surface area contributed by atoms with Crippen molar-refractivity contribution in [2.75, 3.05) is 11.9 Å². The number of nitrogens with zero attached hydrogens (tertiary/aromatic N) is 1. The lowest BCUT2D eigenvalue weighted by Crippen LogP contribution is -2.40. The first-order valence-corrected chi connectivity index (χ1v) is 9.33. The highest BCUT2D eigenvalue weighted by Gasteiger charge is 2.49. The van der Waals surface area contributed by atoms with Gasteiger partial charge in [-0.3, -0.25) is 9.59 Å². The number of carbonyl (C=O) groups excluding carboxylic acids is 2. The molecule has 4 nitrogen and oxygen atoms in total. The summed E-state index contributed by atoms with van der Waals surface area (Å²) in [7, 11) is 1.62. The Morgan fingerprint density at radius 2 is 1.71 bits per heavy atom. The average molecular weight is 369 g/mol. The van der Waals surface area contributed by atoms with Gasteiger partial charge in [0.25, 0.3) is 5.91 Å². The summed E-state index contributed by atoms with van der Waals surface area (Å²) in [4.78, 5) is 27.1. The van der Waals surface area contributed by atoms with E-state index >= 15 is 0 Å². The van der Waals surface area contributed by atoms with Crippen LogP contribution in [0.2, 0.25) is 0 Å². The zero-order valence-corrected chi connectivity index (χ0v) is 15.5. The molecular formula is C24H19NO3. The third-order valence-corrected chi connectivity index (χ3v) is 5.90. The van der Waals surface area contributed by atoms with E-state index in [9.17, 15) is 14.7 Å². The van der Waals surface area contributed by atoms with E-state index in [0.717, 1.165) is 17.5 Å². The molecule has 138 valence electrons. The number of likely N-dealkylation sites (N-methyl/N-ethyl adjacent to an activating group) is 1. The minimum absolute atomic E-state index is 0.236. The van der Waals surface area contributed by atoms with Crippen LogP contribution in [0.15, 0.2) is 66.7 Å². The highest BCUT2D eigenvalue weighted by Crippen LogP contribution is 2.42. The van der Waals surface area contributed by atoms with Crippen LogP contribution in [-0.2, 0) is 16.8 Å². The summed E-state index contributed by atoms with van der Waals surface area (Å²) in [5.74, 6) is -0.699. The number of ketones is 1. The van der Waals surface area contributed by atoms with Crippen molar-refractivity contribution >= 4 is 17.4 Å². The maximum absolute atomic E-state index is 13.0. The van der Waals surface area contributed by atoms with Gasteiger partial charge in [-0.1, -0.05) is 54.6 Å². The van der Waals surface area contributed by atoms with Gasteiger partial charge in [-0.25, -0.2) is 0 Å². The summed E-state index contributed by atoms with van der Waals surface area (Å²) >= 11 is 0. The third-order valence-electron chi connectivity index (χ3n) is 5.90. The van der Waals surface area contributed by atoms with Crippen LogP contribution in [0.1, 0.15) is 33.5 Å². The normalized spacial score (nSPS) is 19.4. The minimum atomic E-state index is -1.82. The molecule has 28 heavy (non-hydrogen) atoms. The monoisotopic (exact) mass is 369 g/mol. The lowest BCUT2D eigenvalue weighted by atomic mass is 9.87. The van der Waals surface area contributed by atoms with E-state index in [0.29, 0.717) is 16.8 Å². The Kier molecular flexibility index (Phi) is 3.55. The summed E-state index contributed by atoms with van der Waals surface area (Å²) < 4.78 is 0. The quantitative estimate of drug-likeness (QED) is 0.560. The molecule has 0 saturated carbocycles. The maximum Gasteiger partial charge on any atom is 0.263 e. The van der Waals surface area contributed by atoms with Gasteiger partial charge in [0.1, 0.15) is 0 Å². The number of anilines is 1. The molecule has 0 radical (unpaired) electrons. The Labute approximate surface area is 163 Å². The van der Waals surface area contributed by atoms with Crippen LogP contribution < -0.4 is 4.90 Å². The molecule has 0 aromatic heterocycles. The number of rotatable bonds is 3. The van der Waals surface area contributed by atoms with Gasteiger partial charge in [-0.15, -0.1) is 0 Å². The predicted octanol–water partition coefficient (Wildman–Crippen LogP) is 3.69. The van der Waals surface area contributed by atoms with Crippen molar-refractivity contribution in [1.82, 2.24) is 0 Å². The Bertz CT molecular complexity index is 1150. The fraction of sp³-hybridized carbons (Fsp3) is 0.167. The number of fused-ring (bicyclic) bond motifs is 4. The average Bonchev–Trinajstić information content (AvgIpc) is 3.17. The minimum Gasteiger partial charge on any atom is -0.375 e. The van der Waals surface area contributed by atoms with Crippen LogP contribution in [0.5, 0.6) is 0 Å². The van der Waals surface area contributed by atoms with Gasteiger partial charge in [0, 0.05) is 18.2 Å². The number of para-hydroxylation sites is 1. The van der Waals surface area contributed by atoms with Crippen LogP contribution in [-0.4, -0.2) is 23.8 Å². The van der Waals surface area contributed by atoms with Gasteiger partial charge in [0.05, 0.1) is 12.1 Å². The first-order valence-electron chi connectivity index (χ1n) is 9.33. The molecule has 1 N–H and O–H groups in total. The van der Waals surface area contributed by atoms with Crippen LogP contribution in [0, 0.1) is 0 Å². The molecule has 0 spiro atoms. The van der Waals surface area contributed by atoms with E-state index in [1.54, 1.807) is 31.3 Å². The second-order valence-electron chi connectivity index (χ2n) is 7.55. The molecule has 1 heterocycles. The highest BCUT2D eigenvalue weighted by molar-refractivity contribution is 6.10. The number of benzene rings is 3. The molecule has 0 saturated heterocycles. The zero-order valence-electron chi connectivity index (χ0n) is 15.5. The summed E-state index contributed by atoms with van der Waals surface area (Å²) in [5.41, 5.74) is 4.56. The van der Waals surface area contributed by atoms with Gasteiger partial charge < -0.3 is 10.0 Å². The summed E-state index contributed by atoms with van der Waals surface area (Å²) in [6.45, 7) is 0. The molecule has 1 aliphatic heterocycles. The second-order valence-corrected chi connectivity index (χ2v) is 7.55. The van der Waals surface area contributed by atoms with Gasteiger partial charge in [0.2, 0.25) is 0 Å². The first-order chi connectivity index (χ1) is 13.5. The molecule has 1 amide bonds. The molecule has 4 heteroatoms. The molecule has 0 fully saturated rings. The molecule has 3 aromatic rings. The first kappa shape index (κ1) is 16.9. The van der Waals surface area contributed by atoms with Gasteiger partial charge in [0.15, 0.2) is 11.4 Å². The number of Topliss-reactive ketones (excluding diaryl/α,β-unsaturated/α-hetero) is 1.